The Morgan fingerprint density at radius 2 is 1.70 bits per heavy atom. The molecule has 156 valence electrons. The second-order valence-electron chi connectivity index (χ2n) is 6.08. The average molecular weight is 486 g/mol. The van der Waals surface area contributed by atoms with Gasteiger partial charge < -0.3 is 9.47 Å². The van der Waals surface area contributed by atoms with Crippen molar-refractivity contribution in [2.45, 2.75) is 13.5 Å². The largest absolute Gasteiger partial charge is 0.490 e. The van der Waals surface area contributed by atoms with Crippen molar-refractivity contribution in [2.75, 3.05) is 6.61 Å². The van der Waals surface area contributed by atoms with E-state index in [1.165, 1.54) is 6.08 Å². The first-order chi connectivity index (χ1) is 14.3. The summed E-state index contributed by atoms with van der Waals surface area (Å²) in [6.45, 7) is 2.30. The summed E-state index contributed by atoms with van der Waals surface area (Å²) in [5.41, 5.74) is 1.09. The maximum absolute atomic E-state index is 12.1. The van der Waals surface area contributed by atoms with E-state index in [9.17, 15) is 9.59 Å². The smallest absolute Gasteiger partial charge is 0.263 e. The molecule has 1 fully saturated rings. The van der Waals surface area contributed by atoms with Crippen molar-refractivity contribution >= 4 is 70.0 Å². The van der Waals surface area contributed by atoms with Crippen LogP contribution in [0.2, 0.25) is 15.1 Å². The van der Waals surface area contributed by atoms with Gasteiger partial charge in [0, 0.05) is 15.6 Å². The number of carbonyl (C=O) groups excluding carboxylic acids is 2. The number of rotatable bonds is 6. The Balaban J connectivity index is 1.90. The molecule has 0 spiro atoms. The first kappa shape index (κ1) is 22.4. The first-order valence-corrected chi connectivity index (χ1v) is 10.2. The summed E-state index contributed by atoms with van der Waals surface area (Å²) in [6.07, 6.45) is 1.39. The van der Waals surface area contributed by atoms with Gasteiger partial charge in [-0.3, -0.25) is 20.2 Å². The van der Waals surface area contributed by atoms with Crippen molar-refractivity contribution in [3.8, 4) is 11.5 Å². The molecule has 0 atom stereocenters. The van der Waals surface area contributed by atoms with Crippen LogP contribution in [0.3, 0.4) is 0 Å². The van der Waals surface area contributed by atoms with Crippen LogP contribution >= 0.6 is 47.0 Å². The van der Waals surface area contributed by atoms with Crippen LogP contribution in [-0.4, -0.2) is 23.5 Å². The van der Waals surface area contributed by atoms with E-state index in [-0.39, 0.29) is 22.3 Å². The fraction of sp³-hybridized carbons (Fsp3) is 0.150. The molecule has 30 heavy (non-hydrogen) atoms. The summed E-state index contributed by atoms with van der Waals surface area (Å²) in [5, 5.41) is 5.93. The molecule has 0 aromatic heterocycles. The zero-order valence-corrected chi connectivity index (χ0v) is 18.6. The van der Waals surface area contributed by atoms with E-state index >= 15 is 0 Å². The van der Waals surface area contributed by atoms with Crippen LogP contribution in [0.4, 0.5) is 0 Å². The standard InChI is InChI=1S/C20H15Cl3N2O4S/c1-2-28-16-7-10(5-13-18(26)24-20(30)25-19(13)27)6-15(23)17(16)29-9-11-3-4-12(21)8-14(11)22/h3-8H,2,9H2,1H3,(H2,24,25,26,27,30). The highest BCUT2D eigenvalue weighted by Crippen LogP contribution is 2.38. The van der Waals surface area contributed by atoms with Gasteiger partial charge in [0.25, 0.3) is 11.8 Å². The van der Waals surface area contributed by atoms with Crippen LogP contribution < -0.4 is 20.1 Å². The number of ether oxygens (including phenoxy) is 2. The van der Waals surface area contributed by atoms with Crippen LogP contribution in [0.5, 0.6) is 11.5 Å². The molecule has 0 unspecified atom stereocenters. The number of hydrogen-bond acceptors (Lipinski definition) is 5. The van der Waals surface area contributed by atoms with E-state index in [1.807, 2.05) is 6.92 Å². The van der Waals surface area contributed by atoms with E-state index in [4.69, 9.17) is 56.5 Å². The summed E-state index contributed by atoms with van der Waals surface area (Å²) in [6, 6.07) is 8.26. The van der Waals surface area contributed by atoms with Crippen molar-refractivity contribution in [3.63, 3.8) is 0 Å². The molecule has 1 heterocycles. The third kappa shape index (κ3) is 5.23. The molecule has 6 nitrogen and oxygen atoms in total. The molecule has 0 aliphatic carbocycles. The number of hydrogen-bond donors (Lipinski definition) is 2. The van der Waals surface area contributed by atoms with Crippen LogP contribution in [0.1, 0.15) is 18.1 Å². The maximum atomic E-state index is 12.1. The summed E-state index contributed by atoms with van der Waals surface area (Å²) < 4.78 is 11.5. The van der Waals surface area contributed by atoms with E-state index in [0.717, 1.165) is 5.56 Å². The molecule has 1 aliphatic heterocycles. The topological polar surface area (TPSA) is 76.7 Å². The molecule has 0 radical (unpaired) electrons. The van der Waals surface area contributed by atoms with Gasteiger partial charge in [-0.25, -0.2) is 0 Å². The Morgan fingerprint density at radius 1 is 1.00 bits per heavy atom. The summed E-state index contributed by atoms with van der Waals surface area (Å²) in [7, 11) is 0. The van der Waals surface area contributed by atoms with Crippen LogP contribution in [0.25, 0.3) is 6.08 Å². The van der Waals surface area contributed by atoms with Crippen molar-refractivity contribution in [1.29, 1.82) is 0 Å². The van der Waals surface area contributed by atoms with Crippen molar-refractivity contribution in [2.24, 2.45) is 0 Å². The number of halogens is 3. The molecule has 2 aromatic rings. The second kappa shape index (κ2) is 9.66. The number of nitrogens with one attached hydrogen (secondary N) is 2. The van der Waals surface area contributed by atoms with Gasteiger partial charge in [0.15, 0.2) is 16.6 Å². The Hall–Kier alpha value is -2.32. The van der Waals surface area contributed by atoms with Gasteiger partial charge >= 0.3 is 0 Å². The molecular weight excluding hydrogens is 471 g/mol. The lowest BCUT2D eigenvalue weighted by atomic mass is 10.1. The lowest BCUT2D eigenvalue weighted by Gasteiger charge is -2.17. The molecule has 0 saturated carbocycles. The molecule has 2 N–H and O–H groups in total. The van der Waals surface area contributed by atoms with Gasteiger partial charge in [-0.1, -0.05) is 40.9 Å². The number of benzene rings is 2. The SMILES string of the molecule is CCOc1cc(C=C2C(=O)NC(=S)NC2=O)cc(Cl)c1OCc1ccc(Cl)cc1Cl. The van der Waals surface area contributed by atoms with E-state index in [0.29, 0.717) is 33.7 Å². The molecule has 2 aromatic carbocycles. The minimum Gasteiger partial charge on any atom is -0.490 e. The predicted molar refractivity (Wildman–Crippen MR) is 120 cm³/mol. The van der Waals surface area contributed by atoms with Crippen LogP contribution in [0, 0.1) is 0 Å². The normalized spacial score (nSPS) is 13.6. The third-order valence-corrected chi connectivity index (χ3v) is 5.05. The fourth-order valence-corrected chi connectivity index (χ4v) is 3.56. The third-order valence-electron chi connectivity index (χ3n) is 3.97. The highest BCUT2D eigenvalue weighted by atomic mass is 35.5. The molecule has 2 amide bonds. The molecule has 3 rings (SSSR count). The summed E-state index contributed by atoms with van der Waals surface area (Å²) in [5.74, 6) is -0.537. The van der Waals surface area contributed by atoms with E-state index < -0.39 is 11.8 Å². The van der Waals surface area contributed by atoms with Crippen molar-refractivity contribution < 1.29 is 19.1 Å². The van der Waals surface area contributed by atoms with Crippen molar-refractivity contribution in [1.82, 2.24) is 10.6 Å². The lowest BCUT2D eigenvalue weighted by molar-refractivity contribution is -0.123. The number of thiocarbonyl (C=S) groups is 1. The number of amides is 2. The fourth-order valence-electron chi connectivity index (χ4n) is 2.64. The zero-order chi connectivity index (χ0) is 21.8. The van der Waals surface area contributed by atoms with Gasteiger partial charge in [0.05, 0.1) is 11.6 Å². The quantitative estimate of drug-likeness (QED) is 0.357. The first-order valence-electron chi connectivity index (χ1n) is 8.70. The zero-order valence-electron chi connectivity index (χ0n) is 15.6. The van der Waals surface area contributed by atoms with Crippen LogP contribution in [-0.2, 0) is 16.2 Å². The lowest BCUT2D eigenvalue weighted by Crippen LogP contribution is -2.51. The second-order valence-corrected chi connectivity index (χ2v) is 7.74. The highest BCUT2D eigenvalue weighted by molar-refractivity contribution is 7.80. The summed E-state index contributed by atoms with van der Waals surface area (Å²) in [4.78, 5) is 24.1. The monoisotopic (exact) mass is 484 g/mol. The maximum Gasteiger partial charge on any atom is 0.263 e. The van der Waals surface area contributed by atoms with Gasteiger partial charge in [-0.15, -0.1) is 0 Å². The molecular formula is C20H15Cl3N2O4S. The molecule has 1 saturated heterocycles. The minimum absolute atomic E-state index is 0.0419. The Labute approximate surface area is 193 Å². The highest BCUT2D eigenvalue weighted by Gasteiger charge is 2.26. The van der Waals surface area contributed by atoms with E-state index in [1.54, 1.807) is 30.3 Å². The molecule has 1 aliphatic rings. The van der Waals surface area contributed by atoms with Gasteiger partial charge in [0.2, 0.25) is 0 Å². The van der Waals surface area contributed by atoms with Crippen molar-refractivity contribution in [3.05, 3.63) is 62.1 Å². The van der Waals surface area contributed by atoms with Crippen LogP contribution in [0.15, 0.2) is 35.9 Å². The number of carbonyl (C=O) groups is 2. The van der Waals surface area contributed by atoms with Gasteiger partial charge in [0.1, 0.15) is 12.2 Å². The summed E-state index contributed by atoms with van der Waals surface area (Å²) >= 11 is 23.3. The van der Waals surface area contributed by atoms with Gasteiger partial charge in [-0.2, -0.15) is 0 Å². The van der Waals surface area contributed by atoms with E-state index in [2.05, 4.69) is 10.6 Å². The Kier molecular flexibility index (Phi) is 7.20. The van der Waals surface area contributed by atoms with Gasteiger partial charge in [-0.05, 0) is 55.0 Å². The average Bonchev–Trinajstić information content (AvgIpc) is 2.65. The minimum atomic E-state index is -0.601. The molecule has 0 bridgehead atoms. The Bertz CT molecular complexity index is 1050. The predicted octanol–water partition coefficient (Wildman–Crippen LogP) is 4.54. The molecule has 10 heteroatoms. The Morgan fingerprint density at radius 3 is 2.33 bits per heavy atom.